The molecule has 2 amide bonds. The van der Waals surface area contributed by atoms with Crippen LogP contribution < -0.4 is 10.2 Å². The molecule has 0 radical (unpaired) electrons. The number of carbonyl (C=O) groups is 2. The Hall–Kier alpha value is -2.06. The Kier molecular flexibility index (Phi) is 6.89. The van der Waals surface area contributed by atoms with Crippen molar-refractivity contribution in [1.29, 1.82) is 0 Å². The van der Waals surface area contributed by atoms with Crippen molar-refractivity contribution in [2.24, 2.45) is 0 Å². The Balaban J connectivity index is 1.96. The van der Waals surface area contributed by atoms with Crippen molar-refractivity contribution >= 4 is 29.4 Å². The highest BCUT2D eigenvalue weighted by Crippen LogP contribution is 2.25. The summed E-state index contributed by atoms with van der Waals surface area (Å²) >= 11 is 6.32. The number of piperazine rings is 1. The maximum Gasteiger partial charge on any atom is 0.410 e. The van der Waals surface area contributed by atoms with E-state index in [1.165, 1.54) is 6.20 Å². The number of anilines is 1. The number of hydrogen-bond donors (Lipinski definition) is 2. The van der Waals surface area contributed by atoms with Crippen LogP contribution in [0.5, 0.6) is 0 Å². The van der Waals surface area contributed by atoms with Gasteiger partial charge in [-0.25, -0.2) is 9.78 Å². The van der Waals surface area contributed by atoms with Crippen LogP contribution in [-0.2, 0) is 4.74 Å². The number of aliphatic hydroxyl groups is 1. The zero-order valence-corrected chi connectivity index (χ0v) is 16.9. The van der Waals surface area contributed by atoms with Crippen LogP contribution in [0.25, 0.3) is 0 Å². The summed E-state index contributed by atoms with van der Waals surface area (Å²) < 4.78 is 5.39. The van der Waals surface area contributed by atoms with E-state index in [2.05, 4.69) is 10.3 Å². The Morgan fingerprint density at radius 2 is 1.96 bits per heavy atom. The fourth-order valence-electron chi connectivity index (χ4n) is 2.56. The van der Waals surface area contributed by atoms with Crippen molar-refractivity contribution in [1.82, 2.24) is 15.2 Å². The van der Waals surface area contributed by atoms with Crippen molar-refractivity contribution in [2.75, 3.05) is 37.6 Å². The molecule has 1 aliphatic rings. The van der Waals surface area contributed by atoms with E-state index < -0.39 is 11.7 Å². The lowest BCUT2D eigenvalue weighted by molar-refractivity contribution is 0.0240. The number of rotatable bonds is 4. The predicted molar refractivity (Wildman–Crippen MR) is 103 cm³/mol. The van der Waals surface area contributed by atoms with Gasteiger partial charge in [0.1, 0.15) is 11.4 Å². The van der Waals surface area contributed by atoms with Crippen LogP contribution in [0.4, 0.5) is 10.6 Å². The van der Waals surface area contributed by atoms with Crippen LogP contribution >= 0.6 is 11.6 Å². The molecule has 1 fully saturated rings. The molecule has 0 aromatic carbocycles. The molecule has 1 aliphatic heterocycles. The fourth-order valence-corrected chi connectivity index (χ4v) is 2.84. The van der Waals surface area contributed by atoms with E-state index in [4.69, 9.17) is 16.3 Å². The van der Waals surface area contributed by atoms with Crippen LogP contribution in [-0.4, -0.2) is 71.4 Å². The third-order valence-electron chi connectivity index (χ3n) is 3.87. The molecule has 8 nitrogen and oxygen atoms in total. The normalized spacial score (nSPS) is 16.1. The summed E-state index contributed by atoms with van der Waals surface area (Å²) in [5, 5.41) is 12.2. The SMILES string of the molecule is CC(O)CNC(=O)c1cnc(N2CCN(C(=O)OC(C)(C)C)CC2)c(Cl)c1. The number of hydrogen-bond acceptors (Lipinski definition) is 6. The van der Waals surface area contributed by atoms with Crippen LogP contribution in [0.1, 0.15) is 38.1 Å². The molecule has 1 aromatic rings. The van der Waals surface area contributed by atoms with E-state index in [1.807, 2.05) is 25.7 Å². The number of ether oxygens (including phenoxy) is 1. The van der Waals surface area contributed by atoms with Crippen LogP contribution in [0, 0.1) is 0 Å². The second kappa shape index (κ2) is 8.75. The highest BCUT2D eigenvalue weighted by atomic mass is 35.5. The second-order valence-electron chi connectivity index (χ2n) is 7.54. The molecule has 150 valence electrons. The molecule has 2 N–H and O–H groups in total. The molecule has 1 aromatic heterocycles. The summed E-state index contributed by atoms with van der Waals surface area (Å²) in [4.78, 5) is 32.1. The summed E-state index contributed by atoms with van der Waals surface area (Å²) in [6.45, 7) is 9.40. The molecular formula is C18H27ClN4O4. The first-order valence-corrected chi connectivity index (χ1v) is 9.29. The maximum atomic E-state index is 12.1. The second-order valence-corrected chi connectivity index (χ2v) is 7.95. The van der Waals surface area contributed by atoms with Gasteiger partial charge in [0.05, 0.1) is 16.7 Å². The molecule has 1 unspecified atom stereocenters. The van der Waals surface area contributed by atoms with Crippen LogP contribution in [0.3, 0.4) is 0 Å². The standard InChI is InChI=1S/C18H27ClN4O4/c1-12(24)10-21-16(25)13-9-14(19)15(20-11-13)22-5-7-23(8-6-22)17(26)27-18(2,3)4/h9,11-12,24H,5-8,10H2,1-4H3,(H,21,25). The molecule has 0 saturated carbocycles. The maximum absolute atomic E-state index is 12.1. The monoisotopic (exact) mass is 398 g/mol. The van der Waals surface area contributed by atoms with Gasteiger partial charge in [-0.05, 0) is 33.8 Å². The van der Waals surface area contributed by atoms with Crippen LogP contribution in [0.2, 0.25) is 5.02 Å². The summed E-state index contributed by atoms with van der Waals surface area (Å²) in [5.74, 6) is 0.235. The number of nitrogens with zero attached hydrogens (tertiary/aromatic N) is 3. The number of carbonyl (C=O) groups excluding carboxylic acids is 2. The quantitative estimate of drug-likeness (QED) is 0.804. The van der Waals surface area contributed by atoms with Crippen molar-refractivity contribution in [2.45, 2.75) is 39.4 Å². The van der Waals surface area contributed by atoms with Crippen molar-refractivity contribution < 1.29 is 19.4 Å². The molecule has 9 heteroatoms. The zero-order chi connectivity index (χ0) is 20.2. The number of pyridine rings is 1. The number of aliphatic hydroxyl groups excluding tert-OH is 1. The highest BCUT2D eigenvalue weighted by molar-refractivity contribution is 6.33. The van der Waals surface area contributed by atoms with Gasteiger partial charge in [0.15, 0.2) is 0 Å². The van der Waals surface area contributed by atoms with Gasteiger partial charge >= 0.3 is 6.09 Å². The number of halogens is 1. The highest BCUT2D eigenvalue weighted by Gasteiger charge is 2.27. The number of nitrogens with one attached hydrogen (secondary N) is 1. The lowest BCUT2D eigenvalue weighted by Crippen LogP contribution is -2.50. The Morgan fingerprint density at radius 1 is 1.33 bits per heavy atom. The van der Waals surface area contributed by atoms with E-state index in [-0.39, 0.29) is 18.5 Å². The van der Waals surface area contributed by atoms with Gasteiger partial charge in [-0.15, -0.1) is 0 Å². The van der Waals surface area contributed by atoms with E-state index in [0.717, 1.165) is 0 Å². The lowest BCUT2D eigenvalue weighted by Gasteiger charge is -2.36. The van der Waals surface area contributed by atoms with Gasteiger partial charge in [0.2, 0.25) is 0 Å². The van der Waals surface area contributed by atoms with Crippen molar-refractivity contribution in [3.63, 3.8) is 0 Å². The van der Waals surface area contributed by atoms with Gasteiger partial charge in [-0.2, -0.15) is 0 Å². The van der Waals surface area contributed by atoms with E-state index in [1.54, 1.807) is 17.9 Å². The molecule has 1 saturated heterocycles. The van der Waals surface area contributed by atoms with Crippen molar-refractivity contribution in [3.8, 4) is 0 Å². The molecule has 0 aliphatic carbocycles. The Morgan fingerprint density at radius 3 is 2.48 bits per heavy atom. The average Bonchev–Trinajstić information content (AvgIpc) is 2.58. The summed E-state index contributed by atoms with van der Waals surface area (Å²) in [6.07, 6.45) is 0.503. The fraction of sp³-hybridized carbons (Fsp3) is 0.611. The third kappa shape index (κ3) is 6.25. The predicted octanol–water partition coefficient (Wildman–Crippen LogP) is 1.90. The van der Waals surface area contributed by atoms with E-state index >= 15 is 0 Å². The minimum atomic E-state index is -0.627. The average molecular weight is 399 g/mol. The molecule has 1 atom stereocenters. The first-order chi connectivity index (χ1) is 12.6. The first-order valence-electron chi connectivity index (χ1n) is 8.91. The summed E-state index contributed by atoms with van der Waals surface area (Å²) in [5.41, 5.74) is -0.194. The van der Waals surface area contributed by atoms with E-state index in [9.17, 15) is 14.7 Å². The summed E-state index contributed by atoms with van der Waals surface area (Å²) in [6, 6.07) is 1.56. The smallest absolute Gasteiger partial charge is 0.410 e. The summed E-state index contributed by atoms with van der Waals surface area (Å²) in [7, 11) is 0. The first kappa shape index (κ1) is 21.2. The van der Waals surface area contributed by atoms with Gasteiger partial charge in [-0.3, -0.25) is 4.79 Å². The minimum Gasteiger partial charge on any atom is -0.444 e. The molecule has 2 heterocycles. The van der Waals surface area contributed by atoms with Gasteiger partial charge < -0.3 is 25.0 Å². The molecule has 2 rings (SSSR count). The van der Waals surface area contributed by atoms with Crippen molar-refractivity contribution in [3.05, 3.63) is 22.8 Å². The lowest BCUT2D eigenvalue weighted by atomic mass is 10.2. The Bertz CT molecular complexity index is 682. The largest absolute Gasteiger partial charge is 0.444 e. The number of amides is 2. The molecular weight excluding hydrogens is 372 g/mol. The minimum absolute atomic E-state index is 0.158. The Labute approximate surface area is 164 Å². The van der Waals surface area contributed by atoms with Gasteiger partial charge in [0.25, 0.3) is 5.91 Å². The number of aromatic nitrogens is 1. The van der Waals surface area contributed by atoms with Gasteiger partial charge in [-0.1, -0.05) is 11.6 Å². The molecule has 27 heavy (non-hydrogen) atoms. The third-order valence-corrected chi connectivity index (χ3v) is 4.15. The van der Waals surface area contributed by atoms with E-state index in [0.29, 0.717) is 42.6 Å². The molecule has 0 spiro atoms. The van der Waals surface area contributed by atoms with Crippen LogP contribution in [0.15, 0.2) is 12.3 Å². The van der Waals surface area contributed by atoms with Gasteiger partial charge in [0, 0.05) is 38.9 Å². The zero-order valence-electron chi connectivity index (χ0n) is 16.2. The molecule has 0 bridgehead atoms. The topological polar surface area (TPSA) is 95.0 Å².